The summed E-state index contributed by atoms with van der Waals surface area (Å²) in [4.78, 5) is 12.2. The Morgan fingerprint density at radius 2 is 1.95 bits per heavy atom. The Balaban J connectivity index is 2.14. The molecule has 3 rings (SSSR count). The number of halogens is 1. The Bertz CT molecular complexity index is 676. The maximum atomic E-state index is 13.2. The molecule has 1 aromatic rings. The third kappa shape index (κ3) is 2.29. The fourth-order valence-corrected chi connectivity index (χ4v) is 3.94. The Labute approximate surface area is 128 Å². The van der Waals surface area contributed by atoms with Gasteiger partial charge in [-0.15, -0.1) is 0 Å². The van der Waals surface area contributed by atoms with Crippen molar-refractivity contribution in [1.82, 2.24) is 0 Å². The number of Topliss-reactive ketones (excluding diaryl/α,β-unsaturated/α-hetero) is 1. The molecule has 0 saturated heterocycles. The molecule has 1 fully saturated rings. The molecular formula is C17H19FN2O2. The first kappa shape index (κ1) is 15.0. The predicted octanol–water partition coefficient (Wildman–Crippen LogP) is 2.72. The molecule has 0 bridgehead atoms. The number of ketones is 1. The van der Waals surface area contributed by atoms with E-state index < -0.39 is 11.5 Å². The average molecular weight is 302 g/mol. The van der Waals surface area contributed by atoms with Gasteiger partial charge in [0.1, 0.15) is 11.6 Å². The van der Waals surface area contributed by atoms with Crippen LogP contribution in [0.5, 0.6) is 0 Å². The van der Waals surface area contributed by atoms with Gasteiger partial charge in [0.05, 0.1) is 17.2 Å². The first-order chi connectivity index (χ1) is 10.3. The summed E-state index contributed by atoms with van der Waals surface area (Å²) in [6.45, 7) is 5.05. The molecule has 4 atom stereocenters. The minimum Gasteiger partial charge on any atom is -0.389 e. The molecule has 2 aliphatic rings. The predicted molar refractivity (Wildman–Crippen MR) is 82.6 cm³/mol. The first-order valence-electron chi connectivity index (χ1n) is 7.40. The Kier molecular flexibility index (Phi) is 3.48. The van der Waals surface area contributed by atoms with E-state index in [1.165, 1.54) is 19.1 Å². The van der Waals surface area contributed by atoms with Gasteiger partial charge in [-0.3, -0.25) is 4.79 Å². The second-order valence-electron chi connectivity index (χ2n) is 6.51. The van der Waals surface area contributed by atoms with Gasteiger partial charge in [0.25, 0.3) is 0 Å². The van der Waals surface area contributed by atoms with E-state index in [1.54, 1.807) is 19.1 Å². The lowest BCUT2D eigenvalue weighted by Crippen LogP contribution is -2.53. The molecule has 0 spiro atoms. The zero-order chi connectivity index (χ0) is 16.1. The van der Waals surface area contributed by atoms with E-state index in [4.69, 9.17) is 0 Å². The van der Waals surface area contributed by atoms with Crippen molar-refractivity contribution in [3.05, 3.63) is 35.6 Å². The van der Waals surface area contributed by atoms with Crippen molar-refractivity contribution in [2.24, 2.45) is 22.0 Å². The molecule has 1 saturated carbocycles. The van der Waals surface area contributed by atoms with Crippen molar-refractivity contribution in [3.8, 4) is 0 Å². The van der Waals surface area contributed by atoms with Gasteiger partial charge in [-0.25, -0.2) is 4.39 Å². The third-order valence-electron chi connectivity index (χ3n) is 4.77. The molecule has 1 N–H and O–H groups in total. The highest BCUT2D eigenvalue weighted by molar-refractivity contribution is 6.12. The highest BCUT2D eigenvalue weighted by atomic mass is 19.1. The van der Waals surface area contributed by atoms with Crippen LogP contribution >= 0.6 is 0 Å². The van der Waals surface area contributed by atoms with Gasteiger partial charge in [-0.05, 0) is 38.5 Å². The Hall–Kier alpha value is -1.88. The van der Waals surface area contributed by atoms with Crippen molar-refractivity contribution in [1.29, 1.82) is 0 Å². The number of hydrogen-bond donors (Lipinski definition) is 1. The summed E-state index contributed by atoms with van der Waals surface area (Å²) in [5, 5.41) is 19.1. The van der Waals surface area contributed by atoms with Crippen LogP contribution in [0.25, 0.3) is 0 Å². The number of carbonyl (C=O) groups excluding carboxylic acids is 1. The SMILES string of the molecule is CC(=O)[C@@H]1[C@H](c2ccc(F)cc2)[C@@H]2C(C)=NN=C2C[C@]1(C)O. The lowest BCUT2D eigenvalue weighted by atomic mass is 9.59. The fraction of sp³-hybridized carbons (Fsp3) is 0.471. The zero-order valence-corrected chi connectivity index (χ0v) is 12.9. The van der Waals surface area contributed by atoms with Crippen LogP contribution < -0.4 is 0 Å². The normalized spacial score (nSPS) is 34.0. The molecule has 0 unspecified atom stereocenters. The van der Waals surface area contributed by atoms with Crippen LogP contribution in [0, 0.1) is 17.7 Å². The van der Waals surface area contributed by atoms with E-state index in [2.05, 4.69) is 10.2 Å². The standard InChI is InChI=1S/C17H19FN2O2/c1-9-14-13(20-19-9)8-17(3,22)16(10(2)21)15(14)11-4-6-12(18)7-5-11/h4-7,14-16,22H,8H2,1-3H3/t14-,15-,16-,17+/m1/s1. The number of rotatable bonds is 2. The van der Waals surface area contributed by atoms with Crippen LogP contribution in [0.4, 0.5) is 4.39 Å². The number of benzene rings is 1. The lowest BCUT2D eigenvalue weighted by Gasteiger charge is -2.45. The van der Waals surface area contributed by atoms with Crippen molar-refractivity contribution >= 4 is 17.2 Å². The van der Waals surface area contributed by atoms with Crippen molar-refractivity contribution in [2.45, 2.75) is 38.7 Å². The maximum Gasteiger partial charge on any atom is 0.136 e. The molecule has 22 heavy (non-hydrogen) atoms. The summed E-state index contributed by atoms with van der Waals surface area (Å²) in [6.07, 6.45) is 0.334. The molecule has 1 heterocycles. The Morgan fingerprint density at radius 1 is 1.32 bits per heavy atom. The molecule has 1 aliphatic carbocycles. The minimum atomic E-state index is -1.18. The van der Waals surface area contributed by atoms with E-state index in [0.717, 1.165) is 17.0 Å². The van der Waals surface area contributed by atoms with E-state index in [9.17, 15) is 14.3 Å². The largest absolute Gasteiger partial charge is 0.389 e. The van der Waals surface area contributed by atoms with E-state index in [-0.39, 0.29) is 23.4 Å². The minimum absolute atomic E-state index is 0.0712. The van der Waals surface area contributed by atoms with Crippen LogP contribution in [0.1, 0.15) is 38.7 Å². The van der Waals surface area contributed by atoms with E-state index >= 15 is 0 Å². The molecule has 4 nitrogen and oxygen atoms in total. The topological polar surface area (TPSA) is 62.0 Å². The number of hydrogen-bond acceptors (Lipinski definition) is 4. The summed E-state index contributed by atoms with van der Waals surface area (Å²) in [5.74, 6) is -1.33. The summed E-state index contributed by atoms with van der Waals surface area (Å²) < 4.78 is 13.2. The van der Waals surface area contributed by atoms with Gasteiger partial charge < -0.3 is 5.11 Å². The summed E-state index contributed by atoms with van der Waals surface area (Å²) >= 11 is 0. The highest BCUT2D eigenvalue weighted by Crippen LogP contribution is 2.48. The van der Waals surface area contributed by atoms with E-state index in [1.807, 2.05) is 6.92 Å². The lowest BCUT2D eigenvalue weighted by molar-refractivity contribution is -0.131. The average Bonchev–Trinajstić information content (AvgIpc) is 2.77. The van der Waals surface area contributed by atoms with Crippen molar-refractivity contribution < 1.29 is 14.3 Å². The van der Waals surface area contributed by atoms with Crippen molar-refractivity contribution in [3.63, 3.8) is 0 Å². The van der Waals surface area contributed by atoms with Gasteiger partial charge >= 0.3 is 0 Å². The number of fused-ring (bicyclic) bond motifs is 1. The monoisotopic (exact) mass is 302 g/mol. The molecule has 1 aromatic carbocycles. The van der Waals surface area contributed by atoms with Crippen LogP contribution in [0.15, 0.2) is 34.5 Å². The van der Waals surface area contributed by atoms with Gasteiger partial charge in [0.2, 0.25) is 0 Å². The van der Waals surface area contributed by atoms with Gasteiger partial charge in [-0.1, -0.05) is 12.1 Å². The molecular weight excluding hydrogens is 283 g/mol. The fourth-order valence-electron chi connectivity index (χ4n) is 3.94. The summed E-state index contributed by atoms with van der Waals surface area (Å²) in [5.41, 5.74) is 1.29. The summed E-state index contributed by atoms with van der Waals surface area (Å²) in [6, 6.07) is 6.13. The molecule has 5 heteroatoms. The molecule has 0 amide bonds. The number of aliphatic hydroxyl groups is 1. The third-order valence-corrected chi connectivity index (χ3v) is 4.77. The smallest absolute Gasteiger partial charge is 0.136 e. The zero-order valence-electron chi connectivity index (χ0n) is 12.9. The highest BCUT2D eigenvalue weighted by Gasteiger charge is 2.53. The van der Waals surface area contributed by atoms with Gasteiger partial charge in [-0.2, -0.15) is 10.2 Å². The maximum absolute atomic E-state index is 13.2. The van der Waals surface area contributed by atoms with Crippen LogP contribution in [0.2, 0.25) is 0 Å². The van der Waals surface area contributed by atoms with Crippen LogP contribution in [0.3, 0.4) is 0 Å². The Morgan fingerprint density at radius 3 is 2.55 bits per heavy atom. The van der Waals surface area contributed by atoms with Crippen LogP contribution in [-0.2, 0) is 4.79 Å². The van der Waals surface area contributed by atoms with Crippen molar-refractivity contribution in [2.75, 3.05) is 0 Å². The number of carbonyl (C=O) groups is 1. The molecule has 0 radical (unpaired) electrons. The number of nitrogens with zero attached hydrogens (tertiary/aromatic N) is 2. The molecule has 1 aliphatic heterocycles. The second-order valence-corrected chi connectivity index (χ2v) is 6.51. The first-order valence-corrected chi connectivity index (χ1v) is 7.40. The van der Waals surface area contributed by atoms with E-state index in [0.29, 0.717) is 6.42 Å². The summed E-state index contributed by atoms with van der Waals surface area (Å²) in [7, 11) is 0. The molecule has 116 valence electrons. The molecule has 0 aromatic heterocycles. The quantitative estimate of drug-likeness (QED) is 0.913. The second kappa shape index (κ2) is 5.09. The van der Waals surface area contributed by atoms with Gasteiger partial charge in [0, 0.05) is 24.0 Å². The van der Waals surface area contributed by atoms with Crippen LogP contribution in [-0.4, -0.2) is 27.9 Å². The van der Waals surface area contributed by atoms with Gasteiger partial charge in [0.15, 0.2) is 0 Å².